The van der Waals surface area contributed by atoms with E-state index < -0.39 is 10.9 Å². The van der Waals surface area contributed by atoms with Crippen molar-refractivity contribution < 1.29 is 14.5 Å². The quantitative estimate of drug-likeness (QED) is 0.487. The van der Waals surface area contributed by atoms with Crippen molar-refractivity contribution in [3.8, 4) is 0 Å². The minimum atomic E-state index is -0.528. The Labute approximate surface area is 107 Å². The van der Waals surface area contributed by atoms with Crippen LogP contribution in [0.15, 0.2) is 16.6 Å². The van der Waals surface area contributed by atoms with Crippen LogP contribution in [0.4, 0.5) is 5.69 Å². The number of nitrogens with zero attached hydrogens (tertiary/aromatic N) is 1. The fourth-order valence-electron chi connectivity index (χ4n) is 1.56. The minimum Gasteiger partial charge on any atom is -0.462 e. The molecule has 0 saturated carbocycles. The van der Waals surface area contributed by atoms with Crippen molar-refractivity contribution in [1.29, 1.82) is 0 Å². The molecule has 0 aliphatic heterocycles. The van der Waals surface area contributed by atoms with E-state index in [0.717, 1.165) is 0 Å². The molecule has 0 fully saturated rings. The second kappa shape index (κ2) is 5.77. The Morgan fingerprint density at radius 3 is 2.59 bits per heavy atom. The van der Waals surface area contributed by atoms with Crippen LogP contribution in [-0.2, 0) is 11.2 Å². The number of carbonyl (C=O) groups excluding carboxylic acids is 1. The predicted molar refractivity (Wildman–Crippen MR) is 66.1 cm³/mol. The van der Waals surface area contributed by atoms with Crippen molar-refractivity contribution in [3.05, 3.63) is 37.8 Å². The van der Waals surface area contributed by atoms with Crippen LogP contribution in [0.2, 0.25) is 0 Å². The molecule has 0 N–H and O–H groups in total. The van der Waals surface area contributed by atoms with Crippen molar-refractivity contribution in [3.63, 3.8) is 0 Å². The van der Waals surface area contributed by atoms with Crippen molar-refractivity contribution >= 4 is 27.6 Å². The highest BCUT2D eigenvalue weighted by molar-refractivity contribution is 9.10. The second-order valence-corrected chi connectivity index (χ2v) is 4.11. The lowest BCUT2D eigenvalue weighted by Gasteiger charge is -2.08. The van der Waals surface area contributed by atoms with Crippen LogP contribution in [0, 0.1) is 10.1 Å². The summed E-state index contributed by atoms with van der Waals surface area (Å²) in [5, 5.41) is 11.0. The van der Waals surface area contributed by atoms with E-state index in [4.69, 9.17) is 4.74 Å². The van der Waals surface area contributed by atoms with Gasteiger partial charge in [-0.1, -0.05) is 6.92 Å². The lowest BCUT2D eigenvalue weighted by molar-refractivity contribution is -0.386. The first-order valence-corrected chi connectivity index (χ1v) is 5.95. The van der Waals surface area contributed by atoms with E-state index in [9.17, 15) is 14.9 Å². The van der Waals surface area contributed by atoms with E-state index in [2.05, 4.69) is 15.9 Å². The SMILES string of the molecule is CCOC(=O)c1ccc(Br)c([N+](=O)[O-])c1CC. The molecule has 0 saturated heterocycles. The van der Waals surface area contributed by atoms with E-state index in [-0.39, 0.29) is 17.9 Å². The maximum Gasteiger partial charge on any atom is 0.338 e. The van der Waals surface area contributed by atoms with Crippen LogP contribution in [0.5, 0.6) is 0 Å². The van der Waals surface area contributed by atoms with E-state index >= 15 is 0 Å². The smallest absolute Gasteiger partial charge is 0.338 e. The van der Waals surface area contributed by atoms with Gasteiger partial charge in [0.2, 0.25) is 0 Å². The molecule has 92 valence electrons. The number of nitro groups is 1. The van der Waals surface area contributed by atoms with Gasteiger partial charge in [-0.25, -0.2) is 4.79 Å². The molecule has 5 nitrogen and oxygen atoms in total. The fraction of sp³-hybridized carbons (Fsp3) is 0.364. The molecule has 1 aromatic carbocycles. The third-order valence-electron chi connectivity index (χ3n) is 2.26. The Balaban J connectivity index is 3.38. The summed E-state index contributed by atoms with van der Waals surface area (Å²) in [6, 6.07) is 3.03. The van der Waals surface area contributed by atoms with Crippen molar-refractivity contribution in [2.24, 2.45) is 0 Å². The van der Waals surface area contributed by atoms with Crippen LogP contribution in [0.25, 0.3) is 0 Å². The van der Waals surface area contributed by atoms with Crippen LogP contribution in [-0.4, -0.2) is 17.5 Å². The first kappa shape index (κ1) is 13.6. The van der Waals surface area contributed by atoms with Gasteiger partial charge in [0.15, 0.2) is 0 Å². The maximum absolute atomic E-state index is 11.7. The summed E-state index contributed by atoms with van der Waals surface area (Å²) >= 11 is 3.12. The summed E-state index contributed by atoms with van der Waals surface area (Å²) in [7, 11) is 0. The molecule has 1 aromatic rings. The molecule has 0 aromatic heterocycles. The molecular weight excluding hydrogens is 290 g/mol. The maximum atomic E-state index is 11.7. The Bertz CT molecular complexity index is 459. The summed E-state index contributed by atoms with van der Waals surface area (Å²) in [4.78, 5) is 22.1. The van der Waals surface area contributed by atoms with Gasteiger partial charge >= 0.3 is 5.97 Å². The molecule has 0 aliphatic carbocycles. The summed E-state index contributed by atoms with van der Waals surface area (Å²) in [6.07, 6.45) is 0.393. The van der Waals surface area contributed by atoms with Gasteiger partial charge in [0.05, 0.1) is 21.6 Å². The summed E-state index contributed by atoms with van der Waals surface area (Å²) in [5.41, 5.74) is 0.574. The number of nitro benzene ring substituents is 1. The standard InChI is InChI=1S/C11H12BrNO4/c1-3-7-8(11(14)17-4-2)5-6-9(12)10(7)13(15)16/h5-6H,3-4H2,1-2H3. The average Bonchev–Trinajstić information content (AvgIpc) is 2.27. The monoisotopic (exact) mass is 301 g/mol. The first-order valence-electron chi connectivity index (χ1n) is 5.15. The largest absolute Gasteiger partial charge is 0.462 e. The van der Waals surface area contributed by atoms with E-state index in [0.29, 0.717) is 16.5 Å². The van der Waals surface area contributed by atoms with Gasteiger partial charge in [-0.15, -0.1) is 0 Å². The van der Waals surface area contributed by atoms with Gasteiger partial charge in [0.25, 0.3) is 5.69 Å². The molecule has 0 spiro atoms. The second-order valence-electron chi connectivity index (χ2n) is 3.25. The van der Waals surface area contributed by atoms with Crippen LogP contribution in [0.3, 0.4) is 0 Å². The highest BCUT2D eigenvalue weighted by Gasteiger charge is 2.24. The van der Waals surface area contributed by atoms with Crippen LogP contribution in [0.1, 0.15) is 29.8 Å². The van der Waals surface area contributed by atoms with Crippen molar-refractivity contribution in [1.82, 2.24) is 0 Å². The number of hydrogen-bond acceptors (Lipinski definition) is 4. The van der Waals surface area contributed by atoms with E-state index in [1.807, 2.05) is 0 Å². The fourth-order valence-corrected chi connectivity index (χ4v) is 2.08. The highest BCUT2D eigenvalue weighted by Crippen LogP contribution is 2.32. The molecule has 1 rings (SSSR count). The van der Waals surface area contributed by atoms with E-state index in [1.54, 1.807) is 13.8 Å². The Morgan fingerprint density at radius 1 is 1.47 bits per heavy atom. The van der Waals surface area contributed by atoms with Crippen LogP contribution < -0.4 is 0 Å². The zero-order chi connectivity index (χ0) is 13.0. The number of esters is 1. The Morgan fingerprint density at radius 2 is 2.12 bits per heavy atom. The predicted octanol–water partition coefficient (Wildman–Crippen LogP) is 3.10. The van der Waals surface area contributed by atoms with Crippen molar-refractivity contribution in [2.75, 3.05) is 6.61 Å². The highest BCUT2D eigenvalue weighted by atomic mass is 79.9. The Hall–Kier alpha value is -1.43. The topological polar surface area (TPSA) is 69.4 Å². The Kier molecular flexibility index (Phi) is 4.62. The number of benzene rings is 1. The number of carbonyl (C=O) groups is 1. The number of rotatable bonds is 4. The molecule has 0 radical (unpaired) electrons. The molecule has 0 heterocycles. The molecule has 0 atom stereocenters. The number of hydrogen-bond donors (Lipinski definition) is 0. The van der Waals surface area contributed by atoms with Crippen LogP contribution >= 0.6 is 15.9 Å². The normalized spacial score (nSPS) is 10.1. The summed E-state index contributed by atoms with van der Waals surface area (Å²) < 4.78 is 5.24. The van der Waals surface area contributed by atoms with Gasteiger partial charge in [-0.3, -0.25) is 10.1 Å². The third-order valence-corrected chi connectivity index (χ3v) is 2.90. The molecule has 6 heteroatoms. The zero-order valence-corrected chi connectivity index (χ0v) is 11.1. The van der Waals surface area contributed by atoms with Gasteiger partial charge in [-0.05, 0) is 41.4 Å². The van der Waals surface area contributed by atoms with Gasteiger partial charge in [-0.2, -0.15) is 0 Å². The first-order chi connectivity index (χ1) is 8.02. The zero-order valence-electron chi connectivity index (χ0n) is 9.53. The lowest BCUT2D eigenvalue weighted by atomic mass is 10.0. The number of halogens is 1. The molecule has 0 unspecified atom stereocenters. The molecule has 17 heavy (non-hydrogen) atoms. The van der Waals surface area contributed by atoms with Gasteiger partial charge in [0, 0.05) is 5.56 Å². The molecular formula is C11H12BrNO4. The molecule has 0 amide bonds. The van der Waals surface area contributed by atoms with Gasteiger partial charge < -0.3 is 4.74 Å². The summed E-state index contributed by atoms with van der Waals surface area (Å²) in [6.45, 7) is 3.69. The third kappa shape index (κ3) is 2.82. The van der Waals surface area contributed by atoms with Gasteiger partial charge in [0.1, 0.15) is 0 Å². The van der Waals surface area contributed by atoms with Crippen molar-refractivity contribution in [2.45, 2.75) is 20.3 Å². The average molecular weight is 302 g/mol. The minimum absolute atomic E-state index is 0.0712. The number of ether oxygens (including phenoxy) is 1. The lowest BCUT2D eigenvalue weighted by Crippen LogP contribution is -2.10. The molecule has 0 aliphatic rings. The van der Waals surface area contributed by atoms with E-state index in [1.165, 1.54) is 12.1 Å². The molecule has 0 bridgehead atoms. The summed E-state index contributed by atoms with van der Waals surface area (Å²) in [5.74, 6) is -0.528.